The number of ether oxygens (including phenoxy) is 1. The van der Waals surface area contributed by atoms with Gasteiger partial charge in [0.25, 0.3) is 0 Å². The number of nitrogens with one attached hydrogen (secondary N) is 1. The summed E-state index contributed by atoms with van der Waals surface area (Å²) < 4.78 is 29.1. The van der Waals surface area contributed by atoms with Gasteiger partial charge in [0.05, 0.1) is 23.6 Å². The summed E-state index contributed by atoms with van der Waals surface area (Å²) in [4.78, 5) is 11.1. The molecule has 0 bridgehead atoms. The maximum Gasteiger partial charge on any atom is 0.175 e. The third-order valence-corrected chi connectivity index (χ3v) is 5.92. The molecule has 8 heteroatoms. The zero-order valence-electron chi connectivity index (χ0n) is 15.6. The van der Waals surface area contributed by atoms with E-state index in [1.54, 1.807) is 18.2 Å². The third-order valence-electron chi connectivity index (χ3n) is 4.81. The molecule has 1 N–H and O–H groups in total. The molecule has 2 aromatic carbocycles. The van der Waals surface area contributed by atoms with Crippen LogP contribution in [0.25, 0.3) is 10.9 Å². The molecule has 146 valence electrons. The number of fused-ring (bicyclic) bond motifs is 1. The lowest BCUT2D eigenvalue weighted by molar-refractivity contribution is 0.122. The molecule has 0 aliphatic carbocycles. The largest absolute Gasteiger partial charge is 0.378 e. The van der Waals surface area contributed by atoms with E-state index in [0.717, 1.165) is 31.9 Å². The fourth-order valence-electron chi connectivity index (χ4n) is 3.24. The van der Waals surface area contributed by atoms with Gasteiger partial charge in [-0.15, -0.1) is 0 Å². The molecule has 1 fully saturated rings. The number of hydrogen-bond acceptors (Lipinski definition) is 7. The summed E-state index contributed by atoms with van der Waals surface area (Å²) in [5, 5.41) is 3.99. The van der Waals surface area contributed by atoms with Crippen molar-refractivity contribution in [2.75, 3.05) is 42.8 Å². The summed E-state index contributed by atoms with van der Waals surface area (Å²) in [6, 6.07) is 13.3. The number of nitrogens with zero attached hydrogens (tertiary/aromatic N) is 3. The monoisotopic (exact) mass is 398 g/mol. The summed E-state index contributed by atoms with van der Waals surface area (Å²) in [5.74, 6) is 0.618. The van der Waals surface area contributed by atoms with Crippen LogP contribution >= 0.6 is 0 Å². The molecular weight excluding hydrogens is 376 g/mol. The highest BCUT2D eigenvalue weighted by Crippen LogP contribution is 2.24. The molecule has 4 rings (SSSR count). The number of morpholine rings is 1. The lowest BCUT2D eigenvalue weighted by atomic mass is 10.1. The minimum absolute atomic E-state index is 0.257. The molecule has 0 amide bonds. The highest BCUT2D eigenvalue weighted by atomic mass is 32.2. The molecule has 28 heavy (non-hydrogen) atoms. The van der Waals surface area contributed by atoms with Crippen LogP contribution in [-0.2, 0) is 21.1 Å². The number of sulfone groups is 1. The normalized spacial score (nSPS) is 15.0. The molecule has 1 aromatic heterocycles. The first-order chi connectivity index (χ1) is 13.5. The first-order valence-corrected chi connectivity index (χ1v) is 11.0. The van der Waals surface area contributed by atoms with Gasteiger partial charge in [0, 0.05) is 37.0 Å². The summed E-state index contributed by atoms with van der Waals surface area (Å²) in [6.45, 7) is 3.93. The van der Waals surface area contributed by atoms with E-state index in [1.807, 2.05) is 0 Å². The second kappa shape index (κ2) is 7.73. The van der Waals surface area contributed by atoms with Gasteiger partial charge in [-0.3, -0.25) is 0 Å². The van der Waals surface area contributed by atoms with Gasteiger partial charge in [0.2, 0.25) is 0 Å². The van der Waals surface area contributed by atoms with Crippen molar-refractivity contribution < 1.29 is 13.2 Å². The number of anilines is 2. The van der Waals surface area contributed by atoms with E-state index in [2.05, 4.69) is 44.5 Å². The Kier molecular flexibility index (Phi) is 5.15. The lowest BCUT2D eigenvalue weighted by Gasteiger charge is -2.28. The van der Waals surface area contributed by atoms with Crippen molar-refractivity contribution in [1.29, 1.82) is 0 Å². The van der Waals surface area contributed by atoms with Gasteiger partial charge < -0.3 is 15.0 Å². The van der Waals surface area contributed by atoms with Gasteiger partial charge in [0.15, 0.2) is 9.84 Å². The quantitative estimate of drug-likeness (QED) is 0.707. The Morgan fingerprint density at radius 3 is 2.54 bits per heavy atom. The van der Waals surface area contributed by atoms with E-state index in [4.69, 9.17) is 4.74 Å². The van der Waals surface area contributed by atoms with Gasteiger partial charge >= 0.3 is 0 Å². The highest BCUT2D eigenvalue weighted by Gasteiger charge is 2.12. The van der Waals surface area contributed by atoms with Crippen LogP contribution in [0.3, 0.4) is 0 Å². The summed E-state index contributed by atoms with van der Waals surface area (Å²) in [6.07, 6.45) is 2.67. The molecule has 0 spiro atoms. The molecule has 1 aliphatic rings. The van der Waals surface area contributed by atoms with Crippen molar-refractivity contribution in [3.63, 3.8) is 0 Å². The van der Waals surface area contributed by atoms with Gasteiger partial charge in [-0.25, -0.2) is 18.4 Å². The molecule has 3 aromatic rings. The standard InChI is InChI=1S/C20H22N4O3S/c1-28(25,26)17-6-7-19-18(12-17)20(23-14-22-19)21-13-15-2-4-16(5-3-15)24-8-10-27-11-9-24/h2-7,12,14H,8-11,13H2,1H3,(H,21,22,23). The van der Waals surface area contributed by atoms with Crippen molar-refractivity contribution in [2.24, 2.45) is 0 Å². The average Bonchev–Trinajstić information content (AvgIpc) is 2.72. The van der Waals surface area contributed by atoms with Crippen molar-refractivity contribution in [3.8, 4) is 0 Å². The SMILES string of the molecule is CS(=O)(=O)c1ccc2ncnc(NCc3ccc(N4CCOCC4)cc3)c2c1. The van der Waals surface area contributed by atoms with Gasteiger partial charge in [0.1, 0.15) is 12.1 Å². The Morgan fingerprint density at radius 2 is 1.82 bits per heavy atom. The minimum Gasteiger partial charge on any atom is -0.378 e. The Balaban J connectivity index is 1.52. The summed E-state index contributed by atoms with van der Waals surface area (Å²) >= 11 is 0. The van der Waals surface area contributed by atoms with Gasteiger partial charge in [-0.2, -0.15) is 0 Å². The van der Waals surface area contributed by atoms with Crippen LogP contribution in [-0.4, -0.2) is 50.9 Å². The molecule has 1 saturated heterocycles. The zero-order valence-corrected chi connectivity index (χ0v) is 16.4. The van der Waals surface area contributed by atoms with Crippen LogP contribution in [0.1, 0.15) is 5.56 Å². The van der Waals surface area contributed by atoms with Crippen LogP contribution < -0.4 is 10.2 Å². The van der Waals surface area contributed by atoms with E-state index in [9.17, 15) is 8.42 Å². The lowest BCUT2D eigenvalue weighted by Crippen LogP contribution is -2.36. The first-order valence-electron chi connectivity index (χ1n) is 9.11. The molecule has 2 heterocycles. The van der Waals surface area contributed by atoms with Crippen LogP contribution in [0.4, 0.5) is 11.5 Å². The van der Waals surface area contributed by atoms with E-state index in [1.165, 1.54) is 18.3 Å². The molecular formula is C20H22N4O3S. The molecule has 7 nitrogen and oxygen atoms in total. The van der Waals surface area contributed by atoms with Gasteiger partial charge in [-0.05, 0) is 35.9 Å². The predicted molar refractivity (Wildman–Crippen MR) is 109 cm³/mol. The Labute approximate surface area is 164 Å². The van der Waals surface area contributed by atoms with Crippen molar-refractivity contribution >= 4 is 32.2 Å². The third kappa shape index (κ3) is 4.07. The molecule has 0 atom stereocenters. The second-order valence-electron chi connectivity index (χ2n) is 6.79. The van der Waals surface area contributed by atoms with Crippen molar-refractivity contribution in [2.45, 2.75) is 11.4 Å². The van der Waals surface area contributed by atoms with Crippen LogP contribution in [0, 0.1) is 0 Å². The van der Waals surface area contributed by atoms with E-state index >= 15 is 0 Å². The van der Waals surface area contributed by atoms with E-state index in [-0.39, 0.29) is 4.90 Å². The molecule has 0 saturated carbocycles. The van der Waals surface area contributed by atoms with Gasteiger partial charge in [-0.1, -0.05) is 12.1 Å². The molecule has 1 aliphatic heterocycles. The van der Waals surface area contributed by atoms with Crippen molar-refractivity contribution in [1.82, 2.24) is 9.97 Å². The average molecular weight is 398 g/mol. The minimum atomic E-state index is -3.29. The Morgan fingerprint density at radius 1 is 1.07 bits per heavy atom. The summed E-state index contributed by atoms with van der Waals surface area (Å²) in [7, 11) is -3.29. The molecule has 0 radical (unpaired) electrons. The Bertz CT molecular complexity index is 1080. The van der Waals surface area contributed by atoms with E-state index < -0.39 is 9.84 Å². The zero-order chi connectivity index (χ0) is 19.6. The fraction of sp³-hybridized carbons (Fsp3) is 0.300. The number of hydrogen-bond donors (Lipinski definition) is 1. The second-order valence-corrected chi connectivity index (χ2v) is 8.81. The first kappa shape index (κ1) is 18.6. The smallest absolute Gasteiger partial charge is 0.175 e. The molecule has 0 unspecified atom stereocenters. The van der Waals surface area contributed by atoms with E-state index in [0.29, 0.717) is 23.3 Å². The predicted octanol–water partition coefficient (Wildman–Crippen LogP) is 2.48. The highest BCUT2D eigenvalue weighted by molar-refractivity contribution is 7.90. The maximum atomic E-state index is 11.9. The number of aromatic nitrogens is 2. The fourth-order valence-corrected chi connectivity index (χ4v) is 3.89. The topological polar surface area (TPSA) is 84.4 Å². The Hall–Kier alpha value is -2.71. The van der Waals surface area contributed by atoms with Crippen LogP contribution in [0.5, 0.6) is 0 Å². The van der Waals surface area contributed by atoms with Crippen molar-refractivity contribution in [3.05, 3.63) is 54.4 Å². The number of rotatable bonds is 5. The van der Waals surface area contributed by atoms with Crippen LogP contribution in [0.2, 0.25) is 0 Å². The summed E-state index contributed by atoms with van der Waals surface area (Å²) in [5.41, 5.74) is 3.01. The number of benzene rings is 2. The maximum absolute atomic E-state index is 11.9. The van der Waals surface area contributed by atoms with Crippen LogP contribution in [0.15, 0.2) is 53.7 Å².